The Morgan fingerprint density at radius 1 is 1.11 bits per heavy atom. The first-order valence-electron chi connectivity index (χ1n) is 13.6. The van der Waals surface area contributed by atoms with Crippen LogP contribution in [-0.4, -0.2) is 86.3 Å². The molecule has 37 heavy (non-hydrogen) atoms. The fourth-order valence-corrected chi connectivity index (χ4v) is 5.24. The summed E-state index contributed by atoms with van der Waals surface area (Å²) >= 11 is 0. The standard InChI is InChI=1S/C28H41N7O2/c1-28(2,3)19-31-26-25-20(7-10-29-26)18-30-27(33-25)32-23-6-5-22(17-24(23)36-4)34-11-8-21(9-12-34)35-13-15-37-16-14-35/h5-6,17-18,21H,7-16,19H2,1-4H3,(H,29,31)(H,30,32,33). The highest BCUT2D eigenvalue weighted by Gasteiger charge is 2.26. The van der Waals surface area contributed by atoms with Gasteiger partial charge in [0.05, 0.1) is 26.0 Å². The van der Waals surface area contributed by atoms with Crippen molar-refractivity contribution in [3.8, 4) is 5.75 Å². The second-order valence-electron chi connectivity index (χ2n) is 11.3. The molecule has 4 heterocycles. The monoisotopic (exact) mass is 507 g/mol. The molecule has 0 spiro atoms. The van der Waals surface area contributed by atoms with Gasteiger partial charge < -0.3 is 25.0 Å². The van der Waals surface area contributed by atoms with Crippen LogP contribution in [0.5, 0.6) is 5.75 Å². The summed E-state index contributed by atoms with van der Waals surface area (Å²) in [6, 6.07) is 7.01. The highest BCUT2D eigenvalue weighted by molar-refractivity contribution is 5.99. The number of nitrogens with zero attached hydrogens (tertiary/aromatic N) is 5. The number of fused-ring (bicyclic) bond motifs is 1. The predicted molar refractivity (Wildman–Crippen MR) is 149 cm³/mol. The molecule has 0 radical (unpaired) electrons. The summed E-state index contributed by atoms with van der Waals surface area (Å²) in [4.78, 5) is 19.2. The van der Waals surface area contributed by atoms with E-state index >= 15 is 0 Å². The zero-order valence-electron chi connectivity index (χ0n) is 22.7. The van der Waals surface area contributed by atoms with Gasteiger partial charge in [0.2, 0.25) is 5.95 Å². The highest BCUT2D eigenvalue weighted by Crippen LogP contribution is 2.33. The molecular formula is C28H41N7O2. The Kier molecular flexibility index (Phi) is 7.81. The van der Waals surface area contributed by atoms with Crippen molar-refractivity contribution in [2.45, 2.75) is 46.1 Å². The number of methoxy groups -OCH3 is 1. The van der Waals surface area contributed by atoms with Crippen molar-refractivity contribution in [1.82, 2.24) is 20.2 Å². The number of ether oxygens (including phenoxy) is 2. The number of nitrogens with one attached hydrogen (secondary N) is 2. The number of aliphatic imine (C=N–C) groups is 1. The third kappa shape index (κ3) is 6.33. The van der Waals surface area contributed by atoms with Gasteiger partial charge in [-0.15, -0.1) is 0 Å². The Morgan fingerprint density at radius 3 is 2.62 bits per heavy atom. The Labute approximate surface area is 220 Å². The minimum absolute atomic E-state index is 0.154. The number of hydrogen-bond donors (Lipinski definition) is 2. The van der Waals surface area contributed by atoms with Gasteiger partial charge in [-0.1, -0.05) is 20.8 Å². The van der Waals surface area contributed by atoms with E-state index in [-0.39, 0.29) is 5.41 Å². The minimum Gasteiger partial charge on any atom is -0.494 e. The molecule has 2 aromatic rings. The van der Waals surface area contributed by atoms with Gasteiger partial charge in [-0.2, -0.15) is 0 Å². The number of benzene rings is 1. The van der Waals surface area contributed by atoms with Crippen LogP contribution in [0.3, 0.4) is 0 Å². The Balaban J connectivity index is 1.26. The maximum Gasteiger partial charge on any atom is 0.227 e. The Bertz CT molecular complexity index is 1100. The summed E-state index contributed by atoms with van der Waals surface area (Å²) in [7, 11) is 1.71. The summed E-state index contributed by atoms with van der Waals surface area (Å²) in [5, 5.41) is 6.87. The smallest absolute Gasteiger partial charge is 0.227 e. The summed E-state index contributed by atoms with van der Waals surface area (Å²) in [5.41, 5.74) is 4.20. The van der Waals surface area contributed by atoms with Gasteiger partial charge in [-0.3, -0.25) is 9.89 Å². The Morgan fingerprint density at radius 2 is 1.89 bits per heavy atom. The van der Waals surface area contributed by atoms with E-state index in [2.05, 4.69) is 64.4 Å². The number of aromatic nitrogens is 2. The van der Waals surface area contributed by atoms with E-state index in [4.69, 9.17) is 19.5 Å². The molecule has 9 nitrogen and oxygen atoms in total. The predicted octanol–water partition coefficient (Wildman–Crippen LogP) is 3.47. The molecule has 2 fully saturated rings. The molecular weight excluding hydrogens is 466 g/mol. The van der Waals surface area contributed by atoms with Crippen molar-refractivity contribution in [3.05, 3.63) is 35.7 Å². The molecule has 0 bridgehead atoms. The van der Waals surface area contributed by atoms with E-state index in [1.165, 1.54) is 18.5 Å². The summed E-state index contributed by atoms with van der Waals surface area (Å²) < 4.78 is 11.3. The van der Waals surface area contributed by atoms with E-state index in [9.17, 15) is 0 Å². The second-order valence-corrected chi connectivity index (χ2v) is 11.3. The molecule has 2 saturated heterocycles. The first kappa shape index (κ1) is 25.7. The highest BCUT2D eigenvalue weighted by atomic mass is 16.5. The van der Waals surface area contributed by atoms with Gasteiger partial charge in [0, 0.05) is 68.8 Å². The lowest BCUT2D eigenvalue weighted by atomic mass is 9.96. The van der Waals surface area contributed by atoms with E-state index in [1.807, 2.05) is 6.20 Å². The third-order valence-corrected chi connectivity index (χ3v) is 7.35. The van der Waals surface area contributed by atoms with Gasteiger partial charge in [0.1, 0.15) is 17.3 Å². The molecule has 0 amide bonds. The van der Waals surface area contributed by atoms with Crippen LogP contribution in [-0.2, 0) is 11.2 Å². The Hall–Kier alpha value is -2.91. The van der Waals surface area contributed by atoms with Gasteiger partial charge in [-0.05, 0) is 36.8 Å². The van der Waals surface area contributed by atoms with Crippen molar-refractivity contribution < 1.29 is 9.47 Å². The average Bonchev–Trinajstić information content (AvgIpc) is 2.92. The maximum atomic E-state index is 5.77. The van der Waals surface area contributed by atoms with Crippen molar-refractivity contribution in [2.75, 3.05) is 69.8 Å². The van der Waals surface area contributed by atoms with E-state index in [0.29, 0.717) is 12.0 Å². The summed E-state index contributed by atoms with van der Waals surface area (Å²) in [6.07, 6.45) is 5.13. The number of rotatable bonds is 6. The normalized spacial score (nSPS) is 19.2. The topological polar surface area (TPSA) is 87.1 Å². The molecule has 3 aliphatic rings. The van der Waals surface area contributed by atoms with Crippen molar-refractivity contribution in [1.29, 1.82) is 0 Å². The van der Waals surface area contributed by atoms with Crippen molar-refractivity contribution in [2.24, 2.45) is 10.4 Å². The summed E-state index contributed by atoms with van der Waals surface area (Å²) in [5.74, 6) is 2.18. The number of anilines is 3. The van der Waals surface area contributed by atoms with Crippen LogP contribution in [0.4, 0.5) is 17.3 Å². The molecule has 3 aliphatic heterocycles. The van der Waals surface area contributed by atoms with Crippen LogP contribution < -0.4 is 20.3 Å². The molecule has 0 atom stereocenters. The van der Waals surface area contributed by atoms with Gasteiger partial charge in [0.15, 0.2) is 0 Å². The fraction of sp³-hybridized carbons (Fsp3) is 0.607. The average molecular weight is 508 g/mol. The van der Waals surface area contributed by atoms with Crippen molar-refractivity contribution >= 4 is 23.2 Å². The van der Waals surface area contributed by atoms with Gasteiger partial charge in [0.25, 0.3) is 0 Å². The molecule has 2 N–H and O–H groups in total. The van der Waals surface area contributed by atoms with E-state index < -0.39 is 0 Å². The summed E-state index contributed by atoms with van der Waals surface area (Å²) in [6.45, 7) is 14.2. The SMILES string of the molecule is COc1cc(N2CCC(N3CCOCC3)CC2)ccc1Nc1ncc2c(n1)C(NCC(C)(C)C)=NCC2. The van der Waals surface area contributed by atoms with Crippen LogP contribution in [0.15, 0.2) is 29.4 Å². The first-order valence-corrected chi connectivity index (χ1v) is 13.6. The van der Waals surface area contributed by atoms with Crippen LogP contribution >= 0.6 is 0 Å². The molecule has 0 saturated carbocycles. The number of piperidine rings is 1. The quantitative estimate of drug-likeness (QED) is 0.615. The minimum atomic E-state index is 0.154. The molecule has 1 aromatic carbocycles. The first-order chi connectivity index (χ1) is 17.9. The van der Waals surface area contributed by atoms with Crippen LogP contribution in [0, 0.1) is 5.41 Å². The molecule has 1 aromatic heterocycles. The largest absolute Gasteiger partial charge is 0.494 e. The van der Waals surface area contributed by atoms with Gasteiger partial charge >= 0.3 is 0 Å². The van der Waals surface area contributed by atoms with Crippen LogP contribution in [0.2, 0.25) is 0 Å². The number of morpholine rings is 1. The van der Waals surface area contributed by atoms with Gasteiger partial charge in [-0.25, -0.2) is 9.97 Å². The lowest BCUT2D eigenvalue weighted by Gasteiger charge is -2.40. The fourth-order valence-electron chi connectivity index (χ4n) is 5.24. The molecule has 0 aliphatic carbocycles. The van der Waals surface area contributed by atoms with Crippen LogP contribution in [0.1, 0.15) is 44.9 Å². The van der Waals surface area contributed by atoms with Crippen molar-refractivity contribution in [3.63, 3.8) is 0 Å². The molecule has 200 valence electrons. The third-order valence-electron chi connectivity index (χ3n) is 7.35. The van der Waals surface area contributed by atoms with E-state index in [1.54, 1.807) is 7.11 Å². The molecule has 0 unspecified atom stereocenters. The zero-order chi connectivity index (χ0) is 25.8. The molecule has 5 rings (SSSR count). The number of amidine groups is 1. The maximum absolute atomic E-state index is 5.77. The number of hydrogen-bond acceptors (Lipinski definition) is 9. The second kappa shape index (κ2) is 11.2. The molecule has 9 heteroatoms. The lowest BCUT2D eigenvalue weighted by molar-refractivity contribution is 0.0115. The van der Waals surface area contributed by atoms with Crippen LogP contribution in [0.25, 0.3) is 0 Å². The lowest BCUT2D eigenvalue weighted by Crippen LogP contribution is -2.49. The zero-order valence-corrected chi connectivity index (χ0v) is 22.7. The van der Waals surface area contributed by atoms with E-state index in [0.717, 1.165) is 87.4 Å².